The number of para-hydroxylation sites is 1. The molecule has 4 N–H and O–H groups in total. The van der Waals surface area contributed by atoms with Crippen LogP contribution < -0.4 is 16.6 Å². The number of nitrogen functional groups attached to an aromatic ring is 1. The number of rotatable bonds is 5. The highest BCUT2D eigenvalue weighted by atomic mass is 16.1. The molecule has 1 saturated carbocycles. The Labute approximate surface area is 123 Å². The molecule has 0 atom stereocenters. The Kier molecular flexibility index (Phi) is 4.01. The van der Waals surface area contributed by atoms with Crippen molar-refractivity contribution in [2.45, 2.75) is 25.7 Å². The third kappa shape index (κ3) is 2.97. The number of anilines is 1. The number of carbonyl (C=O) groups is 1. The van der Waals surface area contributed by atoms with Crippen molar-refractivity contribution in [3.63, 3.8) is 0 Å². The van der Waals surface area contributed by atoms with E-state index in [0.29, 0.717) is 11.4 Å². The van der Waals surface area contributed by atoms with Crippen molar-refractivity contribution in [2.75, 3.05) is 12.0 Å². The first-order chi connectivity index (χ1) is 10.3. The average molecular weight is 284 g/mol. The number of hydrogen-bond donors (Lipinski definition) is 3. The number of nitrogens with one attached hydrogen (secondary N) is 2. The first-order valence-corrected chi connectivity index (χ1v) is 7.42. The Morgan fingerprint density at radius 1 is 1.33 bits per heavy atom. The topological polar surface area (TPSA) is 80.0 Å². The molecule has 3 rings (SSSR count). The van der Waals surface area contributed by atoms with Crippen LogP contribution in [0.4, 0.5) is 5.82 Å². The number of carbonyl (C=O) groups excluding carboxylic acids is 1. The molecule has 2 aromatic rings. The molecule has 21 heavy (non-hydrogen) atoms. The van der Waals surface area contributed by atoms with Gasteiger partial charge in [-0.3, -0.25) is 4.79 Å². The summed E-state index contributed by atoms with van der Waals surface area (Å²) in [7, 11) is 0. The van der Waals surface area contributed by atoms with Crippen LogP contribution in [-0.2, 0) is 0 Å². The smallest absolute Gasteiger partial charge is 0.252 e. The van der Waals surface area contributed by atoms with Gasteiger partial charge >= 0.3 is 0 Å². The van der Waals surface area contributed by atoms with Crippen LogP contribution in [0.15, 0.2) is 30.3 Å². The normalized spacial score (nSPS) is 14.7. The molecule has 0 bridgehead atoms. The van der Waals surface area contributed by atoms with Gasteiger partial charge in [-0.25, -0.2) is 10.8 Å². The summed E-state index contributed by atoms with van der Waals surface area (Å²) in [5.74, 6) is 6.66. The van der Waals surface area contributed by atoms with Gasteiger partial charge in [0.1, 0.15) is 5.82 Å². The maximum absolute atomic E-state index is 12.4. The summed E-state index contributed by atoms with van der Waals surface area (Å²) in [5.41, 5.74) is 3.89. The van der Waals surface area contributed by atoms with Crippen molar-refractivity contribution < 1.29 is 4.79 Å². The second-order valence-corrected chi connectivity index (χ2v) is 5.56. The van der Waals surface area contributed by atoms with Crippen LogP contribution in [0, 0.1) is 5.92 Å². The highest BCUT2D eigenvalue weighted by Gasteiger charge is 2.18. The van der Waals surface area contributed by atoms with Crippen LogP contribution in [0.1, 0.15) is 36.0 Å². The summed E-state index contributed by atoms with van der Waals surface area (Å²) in [5, 5.41) is 3.85. The van der Waals surface area contributed by atoms with Crippen molar-refractivity contribution in [2.24, 2.45) is 11.8 Å². The molecule has 1 fully saturated rings. The molecular formula is C16H20N4O. The fraction of sp³-hybridized carbons (Fsp3) is 0.375. The molecule has 1 aromatic heterocycles. The minimum Gasteiger partial charge on any atom is -0.352 e. The zero-order chi connectivity index (χ0) is 14.7. The van der Waals surface area contributed by atoms with Crippen molar-refractivity contribution in [3.8, 4) is 0 Å². The van der Waals surface area contributed by atoms with Crippen LogP contribution in [-0.4, -0.2) is 17.4 Å². The first kappa shape index (κ1) is 13.8. The Morgan fingerprint density at radius 2 is 2.14 bits per heavy atom. The lowest BCUT2D eigenvalue weighted by atomic mass is 9.83. The van der Waals surface area contributed by atoms with Gasteiger partial charge in [0, 0.05) is 11.9 Å². The zero-order valence-corrected chi connectivity index (χ0v) is 11.9. The predicted octanol–water partition coefficient (Wildman–Crippen LogP) is 2.44. The van der Waals surface area contributed by atoms with Crippen molar-refractivity contribution in [1.82, 2.24) is 10.3 Å². The van der Waals surface area contributed by atoms with E-state index in [1.807, 2.05) is 24.3 Å². The third-order valence-corrected chi connectivity index (χ3v) is 4.17. The molecule has 0 unspecified atom stereocenters. The molecule has 1 aliphatic rings. The lowest BCUT2D eigenvalue weighted by molar-refractivity contribution is 0.0950. The van der Waals surface area contributed by atoms with Gasteiger partial charge < -0.3 is 10.7 Å². The maximum atomic E-state index is 12.4. The summed E-state index contributed by atoms with van der Waals surface area (Å²) in [6.07, 6.45) is 5.00. The lowest BCUT2D eigenvalue weighted by Crippen LogP contribution is -2.27. The average Bonchev–Trinajstić information content (AvgIpc) is 2.48. The maximum Gasteiger partial charge on any atom is 0.252 e. The van der Waals surface area contributed by atoms with E-state index < -0.39 is 0 Å². The van der Waals surface area contributed by atoms with Gasteiger partial charge in [-0.05, 0) is 24.5 Å². The van der Waals surface area contributed by atoms with E-state index in [0.717, 1.165) is 29.8 Å². The van der Waals surface area contributed by atoms with Crippen molar-refractivity contribution in [1.29, 1.82) is 0 Å². The fourth-order valence-corrected chi connectivity index (χ4v) is 2.70. The molecule has 5 nitrogen and oxygen atoms in total. The molecule has 0 spiro atoms. The molecule has 1 heterocycles. The summed E-state index contributed by atoms with van der Waals surface area (Å²) in [4.78, 5) is 16.8. The summed E-state index contributed by atoms with van der Waals surface area (Å²) in [6, 6.07) is 9.28. The van der Waals surface area contributed by atoms with Gasteiger partial charge in [0.25, 0.3) is 5.91 Å². The highest BCUT2D eigenvalue weighted by molar-refractivity contribution is 6.06. The Hall–Kier alpha value is -2.14. The van der Waals surface area contributed by atoms with Gasteiger partial charge in [-0.1, -0.05) is 37.5 Å². The number of amides is 1. The fourth-order valence-electron chi connectivity index (χ4n) is 2.70. The van der Waals surface area contributed by atoms with Gasteiger partial charge in [-0.15, -0.1) is 0 Å². The van der Waals surface area contributed by atoms with E-state index in [1.54, 1.807) is 6.07 Å². The monoisotopic (exact) mass is 284 g/mol. The zero-order valence-electron chi connectivity index (χ0n) is 11.9. The number of nitrogens with zero attached hydrogens (tertiary/aromatic N) is 1. The van der Waals surface area contributed by atoms with Gasteiger partial charge in [0.2, 0.25) is 0 Å². The van der Waals surface area contributed by atoms with Crippen LogP contribution in [0.3, 0.4) is 0 Å². The Morgan fingerprint density at radius 3 is 2.86 bits per heavy atom. The van der Waals surface area contributed by atoms with Crippen molar-refractivity contribution >= 4 is 22.6 Å². The van der Waals surface area contributed by atoms with E-state index in [-0.39, 0.29) is 5.91 Å². The Bertz CT molecular complexity index is 652. The molecule has 0 saturated heterocycles. The summed E-state index contributed by atoms with van der Waals surface area (Å²) >= 11 is 0. The molecule has 1 aromatic carbocycles. The second-order valence-electron chi connectivity index (χ2n) is 5.56. The largest absolute Gasteiger partial charge is 0.352 e. The molecule has 110 valence electrons. The van der Waals surface area contributed by atoms with E-state index in [1.165, 1.54) is 19.3 Å². The third-order valence-electron chi connectivity index (χ3n) is 4.17. The van der Waals surface area contributed by atoms with E-state index in [9.17, 15) is 4.79 Å². The number of aromatic nitrogens is 1. The number of nitrogens with two attached hydrogens (primary N) is 1. The number of hydrazine groups is 1. The molecule has 5 heteroatoms. The van der Waals surface area contributed by atoms with Crippen molar-refractivity contribution in [3.05, 3.63) is 35.9 Å². The molecule has 0 radical (unpaired) electrons. The number of fused-ring (bicyclic) bond motifs is 1. The Balaban J connectivity index is 1.78. The van der Waals surface area contributed by atoms with E-state index >= 15 is 0 Å². The lowest BCUT2D eigenvalue weighted by Gasteiger charge is -2.25. The first-order valence-electron chi connectivity index (χ1n) is 7.42. The van der Waals surface area contributed by atoms with Crippen LogP contribution in [0.5, 0.6) is 0 Å². The second kappa shape index (κ2) is 6.10. The molecular weight excluding hydrogens is 264 g/mol. The van der Waals surface area contributed by atoms with E-state index in [4.69, 9.17) is 5.84 Å². The standard InChI is InChI=1S/C16H20N4O/c17-20-15-10-13(12-6-1-2-7-14(12)19-15)16(21)18-9-8-11-4-3-5-11/h1-2,6-7,10-11H,3-5,8-9,17H2,(H,18,21)(H,19,20). The molecule has 1 amide bonds. The number of pyridine rings is 1. The van der Waals surface area contributed by atoms with Gasteiger partial charge in [0.15, 0.2) is 0 Å². The van der Waals surface area contributed by atoms with Crippen LogP contribution >= 0.6 is 0 Å². The van der Waals surface area contributed by atoms with E-state index in [2.05, 4.69) is 15.7 Å². The molecule has 1 aliphatic carbocycles. The number of benzene rings is 1. The predicted molar refractivity (Wildman–Crippen MR) is 83.8 cm³/mol. The van der Waals surface area contributed by atoms with Gasteiger partial charge in [-0.2, -0.15) is 0 Å². The number of hydrogen-bond acceptors (Lipinski definition) is 4. The highest BCUT2D eigenvalue weighted by Crippen LogP contribution is 2.28. The minimum absolute atomic E-state index is 0.0653. The quantitative estimate of drug-likeness (QED) is 0.582. The molecule has 0 aliphatic heterocycles. The van der Waals surface area contributed by atoms with Crippen LogP contribution in [0.25, 0.3) is 10.9 Å². The summed E-state index contributed by atoms with van der Waals surface area (Å²) < 4.78 is 0. The minimum atomic E-state index is -0.0653. The SMILES string of the molecule is NNc1cc(C(=O)NCCC2CCC2)c2ccccc2n1. The van der Waals surface area contributed by atoms with Crippen LogP contribution in [0.2, 0.25) is 0 Å². The summed E-state index contributed by atoms with van der Waals surface area (Å²) in [6.45, 7) is 0.728. The van der Waals surface area contributed by atoms with Gasteiger partial charge in [0.05, 0.1) is 11.1 Å².